The molecule has 1 atom stereocenters. The van der Waals surface area contributed by atoms with Crippen molar-refractivity contribution < 1.29 is 14.6 Å². The van der Waals surface area contributed by atoms with Crippen molar-refractivity contribution in [3.05, 3.63) is 29.8 Å². The Labute approximate surface area is 139 Å². The lowest BCUT2D eigenvalue weighted by Gasteiger charge is -2.30. The van der Waals surface area contributed by atoms with E-state index in [0.29, 0.717) is 6.54 Å². The molecular formula is C19H29NO3. The number of nitrogens with zero attached hydrogens (tertiary/aromatic N) is 1. The lowest BCUT2D eigenvalue weighted by Crippen LogP contribution is -2.38. The third kappa shape index (κ3) is 6.22. The second kappa shape index (κ2) is 9.56. The maximum absolute atomic E-state index is 11.1. The van der Waals surface area contributed by atoms with E-state index >= 15 is 0 Å². The molecule has 23 heavy (non-hydrogen) atoms. The largest absolute Gasteiger partial charge is 0.494 e. The highest BCUT2D eigenvalue weighted by Crippen LogP contribution is 2.20. The number of ether oxygens (including phenoxy) is 1. The Hall–Kier alpha value is -1.55. The Kier molecular flexibility index (Phi) is 7.40. The number of carboxylic acid groups (broad SMARTS) is 1. The maximum atomic E-state index is 11.1. The lowest BCUT2D eigenvalue weighted by atomic mass is 9.98. The van der Waals surface area contributed by atoms with Gasteiger partial charge in [0.1, 0.15) is 5.75 Å². The number of hydrogen-bond donors (Lipinski definition) is 1. The van der Waals surface area contributed by atoms with Crippen LogP contribution in [0.25, 0.3) is 0 Å². The van der Waals surface area contributed by atoms with Crippen LogP contribution in [0.5, 0.6) is 5.75 Å². The number of aliphatic carboxylic acids is 1. The van der Waals surface area contributed by atoms with Gasteiger partial charge in [0.2, 0.25) is 0 Å². The van der Waals surface area contributed by atoms with Crippen LogP contribution < -0.4 is 4.74 Å². The third-order valence-corrected chi connectivity index (χ3v) is 4.45. The van der Waals surface area contributed by atoms with E-state index in [2.05, 4.69) is 24.0 Å². The van der Waals surface area contributed by atoms with Crippen LogP contribution in [0.4, 0.5) is 0 Å². The van der Waals surface area contributed by atoms with Gasteiger partial charge in [-0.05, 0) is 43.5 Å². The van der Waals surface area contributed by atoms with Gasteiger partial charge in [0.15, 0.2) is 0 Å². The van der Waals surface area contributed by atoms with Crippen LogP contribution in [0.1, 0.15) is 51.0 Å². The Balaban J connectivity index is 1.75. The fraction of sp³-hybridized carbons (Fsp3) is 0.632. The maximum Gasteiger partial charge on any atom is 0.307 e. The van der Waals surface area contributed by atoms with Crippen LogP contribution in [0.2, 0.25) is 0 Å². The molecule has 1 aliphatic heterocycles. The van der Waals surface area contributed by atoms with Gasteiger partial charge in [-0.3, -0.25) is 9.69 Å². The van der Waals surface area contributed by atoms with E-state index in [4.69, 9.17) is 9.84 Å². The molecule has 1 unspecified atom stereocenters. The minimum absolute atomic E-state index is 0.213. The van der Waals surface area contributed by atoms with Crippen LogP contribution in [0.15, 0.2) is 24.3 Å². The van der Waals surface area contributed by atoms with Crippen LogP contribution in [-0.2, 0) is 11.3 Å². The van der Waals surface area contributed by atoms with E-state index in [0.717, 1.165) is 44.7 Å². The Morgan fingerprint density at radius 1 is 1.26 bits per heavy atom. The smallest absolute Gasteiger partial charge is 0.307 e. The van der Waals surface area contributed by atoms with Gasteiger partial charge < -0.3 is 9.84 Å². The molecule has 0 saturated carbocycles. The summed E-state index contributed by atoms with van der Waals surface area (Å²) in [6, 6.07) is 8.22. The van der Waals surface area contributed by atoms with Crippen molar-refractivity contribution in [2.24, 2.45) is 5.92 Å². The van der Waals surface area contributed by atoms with E-state index in [-0.39, 0.29) is 5.92 Å². The Morgan fingerprint density at radius 3 is 2.74 bits per heavy atom. The fourth-order valence-corrected chi connectivity index (χ4v) is 3.07. The molecule has 4 nitrogen and oxygen atoms in total. The van der Waals surface area contributed by atoms with Gasteiger partial charge >= 0.3 is 5.97 Å². The monoisotopic (exact) mass is 319 g/mol. The predicted molar refractivity (Wildman–Crippen MR) is 91.7 cm³/mol. The zero-order chi connectivity index (χ0) is 16.5. The number of benzene rings is 1. The fourth-order valence-electron chi connectivity index (χ4n) is 3.07. The molecule has 1 aliphatic rings. The number of hydrogen-bond acceptors (Lipinski definition) is 3. The molecule has 1 aromatic carbocycles. The zero-order valence-electron chi connectivity index (χ0n) is 14.2. The zero-order valence-corrected chi connectivity index (χ0v) is 14.2. The number of carbonyl (C=O) groups is 1. The van der Waals surface area contributed by atoms with E-state index in [1.807, 2.05) is 12.1 Å². The molecule has 0 aromatic heterocycles. The van der Waals surface area contributed by atoms with Crippen LogP contribution in [0.3, 0.4) is 0 Å². The van der Waals surface area contributed by atoms with Crippen LogP contribution in [0, 0.1) is 5.92 Å². The Morgan fingerprint density at radius 2 is 2.04 bits per heavy atom. The third-order valence-electron chi connectivity index (χ3n) is 4.45. The minimum Gasteiger partial charge on any atom is -0.494 e. The topological polar surface area (TPSA) is 49.8 Å². The molecule has 1 N–H and O–H groups in total. The highest BCUT2D eigenvalue weighted by atomic mass is 16.5. The van der Waals surface area contributed by atoms with Gasteiger partial charge in [-0.15, -0.1) is 0 Å². The summed E-state index contributed by atoms with van der Waals surface area (Å²) in [5.41, 5.74) is 1.22. The van der Waals surface area contributed by atoms with Crippen molar-refractivity contribution in [2.45, 2.75) is 52.0 Å². The SMILES string of the molecule is CCCCCCOc1ccc(CN2CCCC(C(=O)O)C2)cc1. The van der Waals surface area contributed by atoms with Gasteiger partial charge in [0.05, 0.1) is 12.5 Å². The average molecular weight is 319 g/mol. The molecule has 128 valence electrons. The van der Waals surface area contributed by atoms with Crippen molar-refractivity contribution in [1.29, 1.82) is 0 Å². The van der Waals surface area contributed by atoms with Crippen molar-refractivity contribution in [2.75, 3.05) is 19.7 Å². The summed E-state index contributed by atoms with van der Waals surface area (Å²) >= 11 is 0. The first-order valence-corrected chi connectivity index (χ1v) is 8.86. The number of unbranched alkanes of at least 4 members (excludes halogenated alkanes) is 3. The highest BCUT2D eigenvalue weighted by molar-refractivity contribution is 5.70. The second-order valence-electron chi connectivity index (χ2n) is 6.47. The highest BCUT2D eigenvalue weighted by Gasteiger charge is 2.25. The first-order valence-electron chi connectivity index (χ1n) is 8.86. The summed E-state index contributed by atoms with van der Waals surface area (Å²) < 4.78 is 5.75. The van der Waals surface area contributed by atoms with Crippen LogP contribution in [-0.4, -0.2) is 35.7 Å². The summed E-state index contributed by atoms with van der Waals surface area (Å²) in [6.45, 7) is 5.46. The Bertz CT molecular complexity index is 472. The number of rotatable bonds is 9. The molecule has 1 heterocycles. The van der Waals surface area contributed by atoms with Gasteiger partial charge in [-0.1, -0.05) is 38.3 Å². The summed E-state index contributed by atoms with van der Waals surface area (Å²) in [6.07, 6.45) is 6.63. The summed E-state index contributed by atoms with van der Waals surface area (Å²) in [5, 5.41) is 9.15. The van der Waals surface area contributed by atoms with E-state index in [9.17, 15) is 4.79 Å². The molecular weight excluding hydrogens is 290 g/mol. The lowest BCUT2D eigenvalue weighted by molar-refractivity contribution is -0.143. The molecule has 0 spiro atoms. The summed E-state index contributed by atoms with van der Waals surface area (Å²) in [5.74, 6) is 0.0447. The van der Waals surface area contributed by atoms with Gasteiger partial charge in [-0.2, -0.15) is 0 Å². The molecule has 0 bridgehead atoms. The molecule has 1 saturated heterocycles. The van der Waals surface area contributed by atoms with E-state index < -0.39 is 5.97 Å². The van der Waals surface area contributed by atoms with E-state index in [1.54, 1.807) is 0 Å². The summed E-state index contributed by atoms with van der Waals surface area (Å²) in [4.78, 5) is 13.4. The minimum atomic E-state index is -0.665. The molecule has 0 amide bonds. The second-order valence-corrected chi connectivity index (χ2v) is 6.47. The molecule has 4 heteroatoms. The normalized spacial score (nSPS) is 18.7. The van der Waals surface area contributed by atoms with Crippen LogP contribution >= 0.6 is 0 Å². The number of piperidine rings is 1. The first kappa shape index (κ1) is 17.8. The van der Waals surface area contributed by atoms with E-state index in [1.165, 1.54) is 24.8 Å². The molecule has 2 rings (SSSR count). The molecule has 1 fully saturated rings. The number of likely N-dealkylation sites (tertiary alicyclic amines) is 1. The molecule has 1 aromatic rings. The first-order chi connectivity index (χ1) is 11.2. The van der Waals surface area contributed by atoms with Crippen molar-refractivity contribution in [3.8, 4) is 5.75 Å². The van der Waals surface area contributed by atoms with Gasteiger partial charge in [-0.25, -0.2) is 0 Å². The number of carboxylic acids is 1. The van der Waals surface area contributed by atoms with Crippen molar-refractivity contribution >= 4 is 5.97 Å². The summed E-state index contributed by atoms with van der Waals surface area (Å²) in [7, 11) is 0. The van der Waals surface area contributed by atoms with Crippen molar-refractivity contribution in [1.82, 2.24) is 4.90 Å². The van der Waals surface area contributed by atoms with Gasteiger partial charge in [0.25, 0.3) is 0 Å². The quantitative estimate of drug-likeness (QED) is 0.700. The van der Waals surface area contributed by atoms with Crippen molar-refractivity contribution in [3.63, 3.8) is 0 Å². The average Bonchev–Trinajstić information content (AvgIpc) is 2.56. The predicted octanol–water partition coefficient (Wildman–Crippen LogP) is 3.94. The standard InChI is InChI=1S/C19H29NO3/c1-2-3-4-5-13-23-18-10-8-16(9-11-18)14-20-12-6-7-17(15-20)19(21)22/h8-11,17H,2-7,12-15H2,1H3,(H,21,22). The molecule has 0 aliphatic carbocycles. The van der Waals surface area contributed by atoms with Gasteiger partial charge in [0, 0.05) is 13.1 Å². The molecule has 0 radical (unpaired) electrons.